The number of anilines is 1. The summed E-state index contributed by atoms with van der Waals surface area (Å²) >= 11 is 3.36. The van der Waals surface area contributed by atoms with Gasteiger partial charge in [0.2, 0.25) is 0 Å². The zero-order valence-electron chi connectivity index (χ0n) is 12.9. The maximum absolute atomic E-state index is 12.4. The Morgan fingerprint density at radius 2 is 1.46 bits per heavy atom. The molecular weight excluding hydrogens is 370 g/mol. The van der Waals surface area contributed by atoms with Gasteiger partial charge in [0.15, 0.2) is 0 Å². The largest absolute Gasteiger partial charge is 0.465 e. The first-order valence-electron chi connectivity index (χ1n) is 7.26. The quantitative estimate of drug-likeness (QED) is 0.670. The van der Waals surface area contributed by atoms with Gasteiger partial charge in [-0.2, -0.15) is 0 Å². The van der Waals surface area contributed by atoms with Crippen LogP contribution < -0.4 is 5.32 Å². The minimum atomic E-state index is -0.381. The first kappa shape index (κ1) is 16.2. The van der Waals surface area contributed by atoms with Crippen LogP contribution in [0.1, 0.15) is 20.7 Å². The van der Waals surface area contributed by atoms with Gasteiger partial charge < -0.3 is 10.1 Å². The molecule has 0 fully saturated rings. The van der Waals surface area contributed by atoms with E-state index in [2.05, 4.69) is 21.2 Å². The van der Waals surface area contributed by atoms with E-state index in [1.54, 1.807) is 30.3 Å². The maximum atomic E-state index is 12.4. The minimum Gasteiger partial charge on any atom is -0.465 e. The van der Waals surface area contributed by atoms with Gasteiger partial charge in [-0.25, -0.2) is 4.79 Å². The number of methoxy groups -OCH3 is 1. The number of ether oxygens (including phenoxy) is 1. The number of amides is 1. The summed E-state index contributed by atoms with van der Waals surface area (Å²) in [4.78, 5) is 23.9. The van der Waals surface area contributed by atoms with E-state index in [9.17, 15) is 9.59 Å². The second-order valence-electron chi connectivity index (χ2n) is 5.23. The maximum Gasteiger partial charge on any atom is 0.337 e. The summed E-state index contributed by atoms with van der Waals surface area (Å²) in [5, 5.41) is 4.61. The second kappa shape index (κ2) is 6.84. The van der Waals surface area contributed by atoms with Gasteiger partial charge in [0.25, 0.3) is 5.91 Å². The summed E-state index contributed by atoms with van der Waals surface area (Å²) in [6.07, 6.45) is 0. The summed E-state index contributed by atoms with van der Waals surface area (Å²) < 4.78 is 5.67. The molecule has 3 rings (SSSR count). The van der Waals surface area contributed by atoms with Crippen molar-refractivity contribution in [2.24, 2.45) is 0 Å². The number of benzene rings is 3. The molecule has 0 aromatic heterocycles. The number of esters is 1. The SMILES string of the molecule is COC(=O)c1ccc2cc(C(=O)Nc3ccc(Br)cc3)ccc2c1. The molecule has 0 atom stereocenters. The van der Waals surface area contributed by atoms with E-state index in [1.165, 1.54) is 7.11 Å². The Morgan fingerprint density at radius 1 is 0.875 bits per heavy atom. The highest BCUT2D eigenvalue weighted by Crippen LogP contribution is 2.20. The molecule has 0 bridgehead atoms. The van der Waals surface area contributed by atoms with Crippen LogP contribution in [0.3, 0.4) is 0 Å². The minimum absolute atomic E-state index is 0.184. The van der Waals surface area contributed by atoms with Crippen LogP contribution in [0.2, 0.25) is 0 Å². The summed E-state index contributed by atoms with van der Waals surface area (Å²) in [5.74, 6) is -0.565. The molecule has 24 heavy (non-hydrogen) atoms. The van der Waals surface area contributed by atoms with Crippen LogP contribution in [0.15, 0.2) is 65.1 Å². The standard InChI is InChI=1S/C19H14BrNO3/c1-24-19(23)15-5-3-12-10-14(4-2-13(12)11-15)18(22)21-17-8-6-16(20)7-9-17/h2-11H,1H3,(H,21,22). The van der Waals surface area contributed by atoms with Gasteiger partial charge in [0.05, 0.1) is 12.7 Å². The lowest BCUT2D eigenvalue weighted by Gasteiger charge is -2.07. The Kier molecular flexibility index (Phi) is 4.62. The Bertz CT molecular complexity index is 920. The molecular formula is C19H14BrNO3. The monoisotopic (exact) mass is 383 g/mol. The lowest BCUT2D eigenvalue weighted by atomic mass is 10.0. The third-order valence-electron chi connectivity index (χ3n) is 3.63. The summed E-state index contributed by atoms with van der Waals surface area (Å²) in [5.41, 5.74) is 1.76. The molecule has 0 aliphatic heterocycles. The molecule has 0 heterocycles. The van der Waals surface area contributed by atoms with Crippen molar-refractivity contribution in [2.45, 2.75) is 0 Å². The first-order chi connectivity index (χ1) is 11.6. The molecule has 0 aliphatic rings. The normalized spacial score (nSPS) is 10.4. The van der Waals surface area contributed by atoms with Crippen LogP contribution in [-0.2, 0) is 4.74 Å². The topological polar surface area (TPSA) is 55.4 Å². The Balaban J connectivity index is 1.86. The predicted molar refractivity (Wildman–Crippen MR) is 97.4 cm³/mol. The predicted octanol–water partition coefficient (Wildman–Crippen LogP) is 4.64. The molecule has 1 N–H and O–H groups in total. The fraction of sp³-hybridized carbons (Fsp3) is 0.0526. The van der Waals surface area contributed by atoms with Gasteiger partial charge in [0, 0.05) is 15.7 Å². The van der Waals surface area contributed by atoms with E-state index < -0.39 is 0 Å². The van der Waals surface area contributed by atoms with E-state index in [0.717, 1.165) is 20.9 Å². The highest BCUT2D eigenvalue weighted by atomic mass is 79.9. The fourth-order valence-corrected chi connectivity index (χ4v) is 2.63. The van der Waals surface area contributed by atoms with Crippen LogP contribution >= 0.6 is 15.9 Å². The van der Waals surface area contributed by atoms with E-state index in [-0.39, 0.29) is 11.9 Å². The number of fused-ring (bicyclic) bond motifs is 1. The van der Waals surface area contributed by atoms with Crippen molar-refractivity contribution in [3.05, 3.63) is 76.3 Å². The molecule has 3 aromatic rings. The van der Waals surface area contributed by atoms with Gasteiger partial charge in [-0.15, -0.1) is 0 Å². The summed E-state index contributed by atoms with van der Waals surface area (Å²) in [6.45, 7) is 0. The number of halogens is 1. The molecule has 1 amide bonds. The average molecular weight is 384 g/mol. The molecule has 0 saturated carbocycles. The number of carbonyl (C=O) groups is 2. The molecule has 3 aromatic carbocycles. The summed E-state index contributed by atoms with van der Waals surface area (Å²) in [6, 6.07) is 18.0. The molecule has 0 saturated heterocycles. The van der Waals surface area contributed by atoms with Gasteiger partial charge in [-0.1, -0.05) is 28.1 Å². The molecule has 0 spiro atoms. The zero-order chi connectivity index (χ0) is 17.1. The number of hydrogen-bond donors (Lipinski definition) is 1. The van der Waals surface area contributed by atoms with E-state index in [1.807, 2.05) is 30.3 Å². The molecule has 0 aliphatic carbocycles. The van der Waals surface area contributed by atoms with Gasteiger partial charge in [0.1, 0.15) is 0 Å². The van der Waals surface area contributed by atoms with Crippen molar-refractivity contribution in [3.8, 4) is 0 Å². The van der Waals surface area contributed by atoms with Crippen molar-refractivity contribution in [1.82, 2.24) is 0 Å². The number of carbonyl (C=O) groups excluding carboxylic acids is 2. The van der Waals surface area contributed by atoms with Gasteiger partial charge >= 0.3 is 5.97 Å². The Labute approximate surface area is 147 Å². The van der Waals surface area contributed by atoms with Crippen molar-refractivity contribution < 1.29 is 14.3 Å². The lowest BCUT2D eigenvalue weighted by Crippen LogP contribution is -2.11. The molecule has 0 radical (unpaired) electrons. The van der Waals surface area contributed by atoms with Crippen LogP contribution in [-0.4, -0.2) is 19.0 Å². The summed E-state index contributed by atoms with van der Waals surface area (Å²) in [7, 11) is 1.35. The molecule has 120 valence electrons. The molecule has 4 nitrogen and oxygen atoms in total. The second-order valence-corrected chi connectivity index (χ2v) is 6.14. The third kappa shape index (κ3) is 3.46. The van der Waals surface area contributed by atoms with Crippen molar-refractivity contribution in [3.63, 3.8) is 0 Å². The smallest absolute Gasteiger partial charge is 0.337 e. The number of nitrogens with one attached hydrogen (secondary N) is 1. The Morgan fingerprint density at radius 3 is 2.08 bits per heavy atom. The van der Waals surface area contributed by atoms with Crippen LogP contribution in [0.5, 0.6) is 0 Å². The highest BCUT2D eigenvalue weighted by Gasteiger charge is 2.09. The van der Waals surface area contributed by atoms with E-state index in [4.69, 9.17) is 4.74 Å². The van der Waals surface area contributed by atoms with Gasteiger partial charge in [-0.3, -0.25) is 4.79 Å². The van der Waals surface area contributed by atoms with E-state index >= 15 is 0 Å². The third-order valence-corrected chi connectivity index (χ3v) is 4.15. The number of rotatable bonds is 3. The van der Waals surface area contributed by atoms with Crippen LogP contribution in [0, 0.1) is 0 Å². The van der Waals surface area contributed by atoms with Crippen molar-refractivity contribution >= 4 is 44.3 Å². The zero-order valence-corrected chi connectivity index (χ0v) is 14.5. The van der Waals surface area contributed by atoms with Gasteiger partial charge in [-0.05, 0) is 59.3 Å². The van der Waals surface area contributed by atoms with Crippen LogP contribution in [0.4, 0.5) is 5.69 Å². The molecule has 5 heteroatoms. The number of hydrogen-bond acceptors (Lipinski definition) is 3. The average Bonchev–Trinajstić information content (AvgIpc) is 2.62. The first-order valence-corrected chi connectivity index (χ1v) is 8.05. The fourth-order valence-electron chi connectivity index (χ4n) is 2.37. The lowest BCUT2D eigenvalue weighted by molar-refractivity contribution is 0.0600. The van der Waals surface area contributed by atoms with E-state index in [0.29, 0.717) is 11.1 Å². The van der Waals surface area contributed by atoms with Crippen LogP contribution in [0.25, 0.3) is 10.8 Å². The van der Waals surface area contributed by atoms with Crippen molar-refractivity contribution in [2.75, 3.05) is 12.4 Å². The Hall–Kier alpha value is -2.66. The highest BCUT2D eigenvalue weighted by molar-refractivity contribution is 9.10. The molecule has 0 unspecified atom stereocenters. The van der Waals surface area contributed by atoms with Crippen molar-refractivity contribution in [1.29, 1.82) is 0 Å².